The highest BCUT2D eigenvalue weighted by molar-refractivity contribution is 14.1. The van der Waals surface area contributed by atoms with Crippen molar-refractivity contribution < 1.29 is 9.72 Å². The summed E-state index contributed by atoms with van der Waals surface area (Å²) in [6.07, 6.45) is 1.43. The first kappa shape index (κ1) is 18.5. The van der Waals surface area contributed by atoms with Crippen LogP contribution in [0.5, 0.6) is 0 Å². The minimum Gasteiger partial charge on any atom is -0.278 e. The second-order valence-electron chi connectivity index (χ2n) is 4.85. The van der Waals surface area contributed by atoms with Gasteiger partial charge in [0.1, 0.15) is 0 Å². The summed E-state index contributed by atoms with van der Waals surface area (Å²) in [6.45, 7) is 1.68. The van der Waals surface area contributed by atoms with E-state index in [-0.39, 0.29) is 11.6 Å². The fourth-order valence-corrected chi connectivity index (χ4v) is 2.36. The number of carbonyl (C=O) groups excluding carboxylic acids is 1. The third-order valence-corrected chi connectivity index (χ3v) is 3.92. The largest absolute Gasteiger partial charge is 0.278 e. The number of hydrogen-bond acceptors (Lipinski definition) is 6. The molecule has 2 N–H and O–H groups in total. The molecule has 0 spiro atoms. The Kier molecular flexibility index (Phi) is 6.57. The number of amides is 1. The Balaban J connectivity index is 1.90. The number of nitrogens with one attached hydrogen (secondary N) is 2. The number of nitro groups is 1. The summed E-state index contributed by atoms with van der Waals surface area (Å²) in [5, 5.41) is 18.5. The van der Waals surface area contributed by atoms with Gasteiger partial charge in [0.25, 0.3) is 11.6 Å². The molecule has 0 aliphatic rings. The van der Waals surface area contributed by atoms with Crippen LogP contribution in [-0.4, -0.2) is 22.8 Å². The molecule has 0 unspecified atom stereocenters. The predicted molar refractivity (Wildman–Crippen MR) is 105 cm³/mol. The molecular formula is C16H14IN5O3. The van der Waals surface area contributed by atoms with Crippen molar-refractivity contribution in [1.29, 1.82) is 0 Å². The van der Waals surface area contributed by atoms with E-state index in [4.69, 9.17) is 0 Å². The minimum atomic E-state index is -0.472. The smallest absolute Gasteiger partial charge is 0.272 e. The average Bonchev–Trinajstić information content (AvgIpc) is 2.60. The zero-order chi connectivity index (χ0) is 18.2. The number of rotatable bonds is 6. The summed E-state index contributed by atoms with van der Waals surface area (Å²) in [5.41, 5.74) is 6.80. The van der Waals surface area contributed by atoms with Crippen LogP contribution in [0.2, 0.25) is 0 Å². The lowest BCUT2D eigenvalue weighted by Crippen LogP contribution is -2.20. The van der Waals surface area contributed by atoms with E-state index in [1.54, 1.807) is 31.2 Å². The summed E-state index contributed by atoms with van der Waals surface area (Å²) < 4.78 is 0.832. The quantitative estimate of drug-likeness (QED) is 0.304. The SMILES string of the molecule is CC(/C=N/Nc1ccc([N+](=O)[O-])cc1)=N\NC(=O)c1ccccc1I. The monoisotopic (exact) mass is 451 g/mol. The predicted octanol–water partition coefficient (Wildman–Crippen LogP) is 3.40. The van der Waals surface area contributed by atoms with Crippen molar-refractivity contribution in [2.75, 3.05) is 5.43 Å². The molecule has 0 heterocycles. The molecule has 0 saturated carbocycles. The van der Waals surface area contributed by atoms with Gasteiger partial charge >= 0.3 is 0 Å². The van der Waals surface area contributed by atoms with Crippen LogP contribution in [-0.2, 0) is 0 Å². The van der Waals surface area contributed by atoms with Crippen molar-refractivity contribution in [2.45, 2.75) is 6.92 Å². The molecule has 2 aromatic carbocycles. The third kappa shape index (κ3) is 5.64. The zero-order valence-electron chi connectivity index (χ0n) is 13.1. The Morgan fingerprint density at radius 2 is 1.88 bits per heavy atom. The van der Waals surface area contributed by atoms with E-state index >= 15 is 0 Å². The van der Waals surface area contributed by atoms with Gasteiger partial charge in [-0.1, -0.05) is 12.1 Å². The van der Waals surface area contributed by atoms with Crippen LogP contribution in [0.25, 0.3) is 0 Å². The van der Waals surface area contributed by atoms with Gasteiger partial charge < -0.3 is 0 Å². The van der Waals surface area contributed by atoms with Gasteiger partial charge in [-0.15, -0.1) is 0 Å². The molecule has 2 aromatic rings. The first-order valence-electron chi connectivity index (χ1n) is 7.10. The number of nitrogens with zero attached hydrogens (tertiary/aromatic N) is 3. The molecule has 25 heavy (non-hydrogen) atoms. The Morgan fingerprint density at radius 1 is 1.20 bits per heavy atom. The highest BCUT2D eigenvalue weighted by Crippen LogP contribution is 2.15. The van der Waals surface area contributed by atoms with Gasteiger partial charge in [-0.05, 0) is 53.8 Å². The van der Waals surface area contributed by atoms with E-state index < -0.39 is 4.92 Å². The maximum Gasteiger partial charge on any atom is 0.272 e. The molecule has 0 aliphatic heterocycles. The number of anilines is 1. The molecule has 1 amide bonds. The van der Waals surface area contributed by atoms with Crippen molar-refractivity contribution >= 4 is 51.8 Å². The van der Waals surface area contributed by atoms with Crippen molar-refractivity contribution in [3.8, 4) is 0 Å². The summed E-state index contributed by atoms with van der Waals surface area (Å²) in [4.78, 5) is 22.1. The molecule has 128 valence electrons. The van der Waals surface area contributed by atoms with Crippen molar-refractivity contribution in [2.24, 2.45) is 10.2 Å². The van der Waals surface area contributed by atoms with Crippen LogP contribution < -0.4 is 10.9 Å². The van der Waals surface area contributed by atoms with E-state index in [1.807, 2.05) is 12.1 Å². The van der Waals surface area contributed by atoms with Crippen LogP contribution in [0.3, 0.4) is 0 Å². The molecule has 0 aromatic heterocycles. The number of halogens is 1. The fraction of sp³-hybridized carbons (Fsp3) is 0.0625. The van der Waals surface area contributed by atoms with Crippen molar-refractivity contribution in [1.82, 2.24) is 5.43 Å². The van der Waals surface area contributed by atoms with Crippen LogP contribution >= 0.6 is 22.6 Å². The van der Waals surface area contributed by atoms with Crippen molar-refractivity contribution in [3.05, 3.63) is 67.8 Å². The first-order valence-corrected chi connectivity index (χ1v) is 8.18. The van der Waals surface area contributed by atoms with Gasteiger partial charge in [-0.2, -0.15) is 10.2 Å². The van der Waals surface area contributed by atoms with Gasteiger partial charge in [-0.3, -0.25) is 20.3 Å². The van der Waals surface area contributed by atoms with E-state index in [0.717, 1.165) is 3.57 Å². The van der Waals surface area contributed by atoms with Gasteiger partial charge in [0.15, 0.2) is 0 Å². The van der Waals surface area contributed by atoms with Gasteiger partial charge in [-0.25, -0.2) is 5.43 Å². The molecular weight excluding hydrogens is 437 g/mol. The molecule has 0 atom stereocenters. The summed E-state index contributed by atoms with van der Waals surface area (Å²) in [7, 11) is 0. The van der Waals surface area contributed by atoms with Crippen LogP contribution in [0.1, 0.15) is 17.3 Å². The third-order valence-electron chi connectivity index (χ3n) is 2.98. The average molecular weight is 451 g/mol. The molecule has 0 saturated heterocycles. The Labute approximate surface area is 157 Å². The lowest BCUT2D eigenvalue weighted by atomic mass is 10.2. The van der Waals surface area contributed by atoms with E-state index in [9.17, 15) is 14.9 Å². The maximum absolute atomic E-state index is 12.0. The van der Waals surface area contributed by atoms with E-state index in [0.29, 0.717) is 17.0 Å². The number of benzene rings is 2. The highest BCUT2D eigenvalue weighted by atomic mass is 127. The number of carbonyl (C=O) groups is 1. The molecule has 0 fully saturated rings. The second-order valence-corrected chi connectivity index (χ2v) is 6.01. The summed E-state index contributed by atoms with van der Waals surface area (Å²) >= 11 is 2.08. The van der Waals surface area contributed by atoms with Gasteiger partial charge in [0.05, 0.1) is 28.1 Å². The highest BCUT2D eigenvalue weighted by Gasteiger charge is 2.07. The first-order chi connectivity index (χ1) is 12.0. The Morgan fingerprint density at radius 3 is 2.52 bits per heavy atom. The molecule has 2 rings (SSSR count). The fourth-order valence-electron chi connectivity index (χ4n) is 1.73. The number of hydrazone groups is 2. The minimum absolute atomic E-state index is 0.00512. The van der Waals surface area contributed by atoms with Gasteiger partial charge in [0, 0.05) is 15.7 Å². The van der Waals surface area contributed by atoms with E-state index in [1.165, 1.54) is 18.3 Å². The van der Waals surface area contributed by atoms with Crippen LogP contribution in [0.15, 0.2) is 58.7 Å². The number of non-ortho nitro benzene ring substituents is 1. The maximum atomic E-state index is 12.0. The van der Waals surface area contributed by atoms with Crippen molar-refractivity contribution in [3.63, 3.8) is 0 Å². The molecule has 9 heteroatoms. The van der Waals surface area contributed by atoms with Crippen LogP contribution in [0.4, 0.5) is 11.4 Å². The Bertz CT molecular complexity index is 834. The molecule has 8 nitrogen and oxygen atoms in total. The van der Waals surface area contributed by atoms with Gasteiger partial charge in [0.2, 0.25) is 0 Å². The molecule has 0 radical (unpaired) electrons. The topological polar surface area (TPSA) is 109 Å². The zero-order valence-corrected chi connectivity index (χ0v) is 15.3. The summed E-state index contributed by atoms with van der Waals surface area (Å²) in [6, 6.07) is 13.0. The number of hydrogen-bond donors (Lipinski definition) is 2. The van der Waals surface area contributed by atoms with Crippen LogP contribution in [0, 0.1) is 13.7 Å². The Hall–Kier alpha value is -2.82. The summed E-state index contributed by atoms with van der Waals surface area (Å²) in [5.74, 6) is -0.305. The second kappa shape index (κ2) is 8.87. The molecule has 0 bridgehead atoms. The molecule has 0 aliphatic carbocycles. The lowest BCUT2D eigenvalue weighted by molar-refractivity contribution is -0.384. The number of nitro benzene ring substituents is 1. The normalized spacial score (nSPS) is 11.4. The lowest BCUT2D eigenvalue weighted by Gasteiger charge is -2.02. The standard InChI is InChI=1S/C16H14IN5O3/c1-11(19-21-16(23)14-4-2-3-5-15(14)17)10-18-20-12-6-8-13(9-7-12)22(24)25/h2-10,20H,1H3,(H,21,23)/b18-10+,19-11+. The van der Waals surface area contributed by atoms with E-state index in [2.05, 4.69) is 43.6 Å².